The number of esters is 1. The quantitative estimate of drug-likeness (QED) is 0.595. The van der Waals surface area contributed by atoms with E-state index in [9.17, 15) is 4.79 Å². The average Bonchev–Trinajstić information content (AvgIpc) is 3.20. The molecule has 2 aliphatic rings. The van der Waals surface area contributed by atoms with Crippen LogP contribution in [0.25, 0.3) is 0 Å². The second kappa shape index (κ2) is 10.6. The number of rotatable bonds is 10. The third-order valence-corrected chi connectivity index (χ3v) is 5.46. The van der Waals surface area contributed by atoms with E-state index in [4.69, 9.17) is 15.2 Å². The summed E-state index contributed by atoms with van der Waals surface area (Å²) in [4.78, 5) is 11.9. The van der Waals surface area contributed by atoms with Gasteiger partial charge in [0.1, 0.15) is 12.1 Å². The molecule has 2 fully saturated rings. The summed E-state index contributed by atoms with van der Waals surface area (Å²) in [6.45, 7) is 6.68. The molecule has 0 aromatic heterocycles. The Hall–Kier alpha value is -0.320. The summed E-state index contributed by atoms with van der Waals surface area (Å²) in [5, 5.41) is 0. The zero-order chi connectivity index (χ0) is 16.8. The monoisotopic (exact) mass is 361 g/mol. The van der Waals surface area contributed by atoms with Gasteiger partial charge in [0.2, 0.25) is 0 Å². The van der Waals surface area contributed by atoms with Gasteiger partial charge >= 0.3 is 5.97 Å². The van der Waals surface area contributed by atoms with Crippen molar-refractivity contribution in [2.24, 2.45) is 23.5 Å². The molecular weight excluding hydrogens is 326 g/mol. The van der Waals surface area contributed by atoms with E-state index < -0.39 is 6.04 Å². The summed E-state index contributed by atoms with van der Waals surface area (Å²) < 4.78 is 11.8. The van der Waals surface area contributed by atoms with Crippen LogP contribution in [0.1, 0.15) is 72.1 Å². The zero-order valence-corrected chi connectivity index (χ0v) is 16.4. The summed E-state index contributed by atoms with van der Waals surface area (Å²) in [5.74, 6) is 1.68. The van der Waals surface area contributed by atoms with Crippen LogP contribution in [-0.2, 0) is 14.3 Å². The maximum Gasteiger partial charge on any atom is 0.322 e. The predicted octanol–water partition coefficient (Wildman–Crippen LogP) is 4.09. The van der Waals surface area contributed by atoms with E-state index in [2.05, 4.69) is 6.92 Å². The lowest BCUT2D eigenvalue weighted by Gasteiger charge is -2.33. The lowest BCUT2D eigenvalue weighted by molar-refractivity contribution is -0.161. The minimum Gasteiger partial charge on any atom is -0.459 e. The van der Waals surface area contributed by atoms with Crippen molar-refractivity contribution < 1.29 is 14.3 Å². The van der Waals surface area contributed by atoms with Gasteiger partial charge in [0, 0.05) is 6.61 Å². The largest absolute Gasteiger partial charge is 0.459 e. The SMILES string of the molecule is CC[C@H](CC1CCCC1)[C@@H](OCC1CC1)[C@H](C)OC(=O)[C@H](C)N.Cl. The molecule has 0 heterocycles. The molecule has 2 aliphatic carbocycles. The van der Waals surface area contributed by atoms with E-state index in [1.54, 1.807) is 6.92 Å². The van der Waals surface area contributed by atoms with Crippen molar-refractivity contribution in [1.29, 1.82) is 0 Å². The molecule has 0 spiro atoms. The molecule has 0 aromatic rings. The highest BCUT2D eigenvalue weighted by molar-refractivity contribution is 5.85. The van der Waals surface area contributed by atoms with Crippen molar-refractivity contribution in [3.63, 3.8) is 0 Å². The highest BCUT2D eigenvalue weighted by Crippen LogP contribution is 2.36. The molecule has 0 bridgehead atoms. The fourth-order valence-corrected chi connectivity index (χ4v) is 3.75. The first-order valence-corrected chi connectivity index (χ1v) is 9.58. The second-order valence-corrected chi connectivity index (χ2v) is 7.73. The molecular formula is C19H36ClNO3. The van der Waals surface area contributed by atoms with Gasteiger partial charge in [0.05, 0.1) is 6.10 Å². The van der Waals surface area contributed by atoms with Gasteiger partial charge in [-0.05, 0) is 50.9 Å². The standard InChI is InChI=1S/C19H35NO3.ClH/c1-4-17(11-15-7-5-6-8-15)18(22-12-16-9-10-16)14(3)23-19(21)13(2)20;/h13-18H,4-12,20H2,1-3H3;1H/t13-,14-,17+,18-;/m0./s1. The average molecular weight is 362 g/mol. The van der Waals surface area contributed by atoms with Crippen LogP contribution in [0.2, 0.25) is 0 Å². The number of carbonyl (C=O) groups excluding carboxylic acids is 1. The fraction of sp³-hybridized carbons (Fsp3) is 0.947. The molecule has 4 nitrogen and oxygen atoms in total. The van der Waals surface area contributed by atoms with E-state index in [1.807, 2.05) is 6.92 Å². The van der Waals surface area contributed by atoms with Crippen molar-refractivity contribution >= 4 is 18.4 Å². The van der Waals surface area contributed by atoms with Crippen LogP contribution in [0, 0.1) is 17.8 Å². The Labute approximate surface area is 153 Å². The number of halogens is 1. The Morgan fingerprint density at radius 2 is 1.75 bits per heavy atom. The zero-order valence-electron chi connectivity index (χ0n) is 15.5. The number of hydrogen-bond donors (Lipinski definition) is 1. The minimum atomic E-state index is -0.573. The van der Waals surface area contributed by atoms with E-state index in [1.165, 1.54) is 44.9 Å². The van der Waals surface area contributed by atoms with E-state index in [0.717, 1.165) is 24.9 Å². The Morgan fingerprint density at radius 1 is 1.12 bits per heavy atom. The molecule has 2 N–H and O–H groups in total. The van der Waals surface area contributed by atoms with Gasteiger partial charge in [-0.3, -0.25) is 4.79 Å². The molecule has 0 amide bonds. The van der Waals surface area contributed by atoms with Crippen LogP contribution in [0.5, 0.6) is 0 Å². The van der Waals surface area contributed by atoms with Crippen molar-refractivity contribution in [3.05, 3.63) is 0 Å². The fourth-order valence-electron chi connectivity index (χ4n) is 3.75. The third kappa shape index (κ3) is 6.89. The Kier molecular flexibility index (Phi) is 9.61. The second-order valence-electron chi connectivity index (χ2n) is 7.73. The number of nitrogens with two attached hydrogens (primary N) is 1. The normalized spacial score (nSPS) is 23.2. The van der Waals surface area contributed by atoms with E-state index in [0.29, 0.717) is 5.92 Å². The van der Waals surface area contributed by atoms with Gasteiger partial charge in [-0.25, -0.2) is 0 Å². The van der Waals surface area contributed by atoms with Crippen LogP contribution in [0.15, 0.2) is 0 Å². The van der Waals surface area contributed by atoms with Crippen LogP contribution in [-0.4, -0.2) is 30.8 Å². The first kappa shape index (κ1) is 21.7. The maximum atomic E-state index is 11.9. The van der Waals surface area contributed by atoms with Crippen molar-refractivity contribution in [2.45, 2.75) is 90.4 Å². The molecule has 5 heteroatoms. The molecule has 2 saturated carbocycles. The van der Waals surface area contributed by atoms with Gasteiger partial charge in [-0.15, -0.1) is 12.4 Å². The predicted molar refractivity (Wildman–Crippen MR) is 99.3 cm³/mol. The van der Waals surface area contributed by atoms with E-state index >= 15 is 0 Å². The molecule has 4 atom stereocenters. The Balaban J connectivity index is 0.00000288. The summed E-state index contributed by atoms with van der Waals surface area (Å²) >= 11 is 0. The lowest BCUT2D eigenvalue weighted by Crippen LogP contribution is -2.41. The molecule has 0 aromatic carbocycles. The van der Waals surface area contributed by atoms with Gasteiger partial charge in [-0.2, -0.15) is 0 Å². The number of ether oxygens (including phenoxy) is 2. The van der Waals surface area contributed by atoms with E-state index in [-0.39, 0.29) is 30.6 Å². The smallest absolute Gasteiger partial charge is 0.322 e. The van der Waals surface area contributed by atoms with Crippen molar-refractivity contribution in [2.75, 3.05) is 6.61 Å². The number of carbonyl (C=O) groups is 1. The maximum absolute atomic E-state index is 11.9. The first-order valence-electron chi connectivity index (χ1n) is 9.58. The van der Waals surface area contributed by atoms with Gasteiger partial charge in [0.15, 0.2) is 0 Å². The minimum absolute atomic E-state index is 0. The van der Waals surface area contributed by atoms with Crippen LogP contribution >= 0.6 is 12.4 Å². The summed E-state index contributed by atoms with van der Waals surface area (Å²) in [6, 6.07) is -0.573. The van der Waals surface area contributed by atoms with Crippen molar-refractivity contribution in [3.8, 4) is 0 Å². The van der Waals surface area contributed by atoms with Crippen LogP contribution in [0.4, 0.5) is 0 Å². The van der Waals surface area contributed by atoms with Crippen LogP contribution in [0.3, 0.4) is 0 Å². The van der Waals surface area contributed by atoms with Crippen molar-refractivity contribution in [1.82, 2.24) is 0 Å². The lowest BCUT2D eigenvalue weighted by atomic mass is 9.85. The summed E-state index contributed by atoms with van der Waals surface area (Å²) in [6.07, 6.45) is 10.0. The van der Waals surface area contributed by atoms with Gasteiger partial charge in [0.25, 0.3) is 0 Å². The van der Waals surface area contributed by atoms with Crippen LogP contribution < -0.4 is 5.73 Å². The molecule has 24 heavy (non-hydrogen) atoms. The Bertz CT molecular complexity index is 368. The molecule has 0 radical (unpaired) electrons. The summed E-state index contributed by atoms with van der Waals surface area (Å²) in [5.41, 5.74) is 5.64. The number of hydrogen-bond acceptors (Lipinski definition) is 4. The molecule has 142 valence electrons. The Morgan fingerprint density at radius 3 is 2.25 bits per heavy atom. The molecule has 0 unspecified atom stereocenters. The van der Waals surface area contributed by atoms with Gasteiger partial charge in [-0.1, -0.05) is 39.0 Å². The summed E-state index contributed by atoms with van der Waals surface area (Å²) in [7, 11) is 0. The molecule has 2 rings (SSSR count). The topological polar surface area (TPSA) is 61.5 Å². The molecule has 0 aliphatic heterocycles. The third-order valence-electron chi connectivity index (χ3n) is 5.46. The highest BCUT2D eigenvalue weighted by Gasteiger charge is 2.34. The molecule has 0 saturated heterocycles. The highest BCUT2D eigenvalue weighted by atomic mass is 35.5. The first-order chi connectivity index (χ1) is 11.0. The van der Waals surface area contributed by atoms with Gasteiger partial charge < -0.3 is 15.2 Å².